The van der Waals surface area contributed by atoms with E-state index in [0.717, 1.165) is 37.5 Å². The van der Waals surface area contributed by atoms with Gasteiger partial charge in [-0.15, -0.1) is 0 Å². The standard InChI is InChI=1S/C30H33N3O4/c1-36-29(34)22-37-28-9-5-8-26(19-28)20-31-32-30(35)27-12-10-25(11-13-27)21-33-16-14-24(15-17-33)18-23-6-3-2-4-7-23/h2-13,19-20,24H,14-18,21-22H2,1H3,(H,32,35)/b31-20-. The van der Waals surface area contributed by atoms with E-state index in [1.54, 1.807) is 18.2 Å². The second-order valence-corrected chi connectivity index (χ2v) is 9.24. The van der Waals surface area contributed by atoms with E-state index in [1.807, 2.05) is 30.3 Å². The largest absolute Gasteiger partial charge is 0.482 e. The number of nitrogens with one attached hydrogen (secondary N) is 1. The van der Waals surface area contributed by atoms with Crippen LogP contribution in [0.1, 0.15) is 39.9 Å². The molecule has 0 bridgehead atoms. The fourth-order valence-electron chi connectivity index (χ4n) is 4.43. The van der Waals surface area contributed by atoms with Crippen LogP contribution in [0.2, 0.25) is 0 Å². The van der Waals surface area contributed by atoms with Gasteiger partial charge in [0.05, 0.1) is 13.3 Å². The lowest BCUT2D eigenvalue weighted by Gasteiger charge is -2.32. The molecule has 1 saturated heterocycles. The van der Waals surface area contributed by atoms with Gasteiger partial charge in [0.15, 0.2) is 6.61 Å². The molecular formula is C30H33N3O4. The van der Waals surface area contributed by atoms with Gasteiger partial charge in [0, 0.05) is 12.1 Å². The minimum atomic E-state index is -0.458. The van der Waals surface area contributed by atoms with Crippen LogP contribution in [-0.4, -0.2) is 49.8 Å². The molecule has 7 nitrogen and oxygen atoms in total. The van der Waals surface area contributed by atoms with Gasteiger partial charge in [-0.1, -0.05) is 54.6 Å². The number of benzene rings is 3. The first kappa shape index (κ1) is 26.1. The number of hydrazone groups is 1. The molecule has 1 aliphatic rings. The average molecular weight is 500 g/mol. The number of hydrogen-bond acceptors (Lipinski definition) is 6. The Morgan fingerprint density at radius 3 is 2.46 bits per heavy atom. The predicted octanol–water partition coefficient (Wildman–Crippen LogP) is 4.46. The van der Waals surface area contributed by atoms with Gasteiger partial charge >= 0.3 is 5.97 Å². The van der Waals surface area contributed by atoms with E-state index in [4.69, 9.17) is 4.74 Å². The van der Waals surface area contributed by atoms with Crippen molar-refractivity contribution in [2.45, 2.75) is 25.8 Å². The quantitative estimate of drug-likeness (QED) is 0.253. The van der Waals surface area contributed by atoms with Crippen LogP contribution < -0.4 is 10.2 Å². The summed E-state index contributed by atoms with van der Waals surface area (Å²) in [6.07, 6.45) is 5.12. The second-order valence-electron chi connectivity index (χ2n) is 9.24. The minimum absolute atomic E-state index is 0.170. The zero-order valence-corrected chi connectivity index (χ0v) is 21.1. The summed E-state index contributed by atoms with van der Waals surface area (Å²) in [4.78, 5) is 26.2. The number of amides is 1. The Hall–Kier alpha value is -3.97. The molecule has 1 heterocycles. The second kappa shape index (κ2) is 13.4. The minimum Gasteiger partial charge on any atom is -0.482 e. The normalized spacial score (nSPS) is 14.4. The van der Waals surface area contributed by atoms with Crippen molar-refractivity contribution in [3.05, 3.63) is 101 Å². The molecule has 0 aliphatic carbocycles. The Kier molecular flexibility index (Phi) is 9.43. The van der Waals surface area contributed by atoms with E-state index in [9.17, 15) is 9.59 Å². The molecule has 0 radical (unpaired) electrons. The summed E-state index contributed by atoms with van der Waals surface area (Å²) in [5.74, 6) is 0.528. The number of rotatable bonds is 10. The first-order chi connectivity index (χ1) is 18.1. The number of piperidine rings is 1. The smallest absolute Gasteiger partial charge is 0.343 e. The number of carbonyl (C=O) groups excluding carboxylic acids is 2. The fourth-order valence-corrected chi connectivity index (χ4v) is 4.43. The lowest BCUT2D eigenvalue weighted by Crippen LogP contribution is -2.33. The van der Waals surface area contributed by atoms with Crippen LogP contribution in [0.4, 0.5) is 0 Å². The summed E-state index contributed by atoms with van der Waals surface area (Å²) < 4.78 is 9.93. The Morgan fingerprint density at radius 2 is 1.73 bits per heavy atom. The average Bonchev–Trinajstić information content (AvgIpc) is 2.94. The third kappa shape index (κ3) is 8.29. The van der Waals surface area contributed by atoms with Crippen molar-refractivity contribution in [1.29, 1.82) is 0 Å². The fraction of sp³-hybridized carbons (Fsp3) is 0.300. The van der Waals surface area contributed by atoms with Gasteiger partial charge in [-0.2, -0.15) is 5.10 Å². The number of likely N-dealkylation sites (tertiary alicyclic amines) is 1. The van der Waals surface area contributed by atoms with Crippen LogP contribution >= 0.6 is 0 Å². The number of carbonyl (C=O) groups is 2. The lowest BCUT2D eigenvalue weighted by molar-refractivity contribution is -0.142. The number of esters is 1. The van der Waals surface area contributed by atoms with Gasteiger partial charge in [0.2, 0.25) is 0 Å². The van der Waals surface area contributed by atoms with Gasteiger partial charge in [0.25, 0.3) is 5.91 Å². The molecule has 0 aromatic heterocycles. The van der Waals surface area contributed by atoms with E-state index in [-0.39, 0.29) is 12.5 Å². The Bertz CT molecular complexity index is 1190. The Labute approximate surface area is 218 Å². The van der Waals surface area contributed by atoms with Crippen LogP contribution in [0.15, 0.2) is 84.0 Å². The highest BCUT2D eigenvalue weighted by Gasteiger charge is 2.19. The third-order valence-corrected chi connectivity index (χ3v) is 6.52. The molecule has 1 amide bonds. The van der Waals surface area contributed by atoms with Gasteiger partial charge in [0.1, 0.15) is 5.75 Å². The van der Waals surface area contributed by atoms with Crippen molar-refractivity contribution in [2.24, 2.45) is 11.0 Å². The van der Waals surface area contributed by atoms with Crippen molar-refractivity contribution >= 4 is 18.1 Å². The molecule has 4 rings (SSSR count). The highest BCUT2D eigenvalue weighted by Crippen LogP contribution is 2.23. The molecule has 3 aromatic carbocycles. The molecule has 3 aromatic rings. The maximum atomic E-state index is 12.5. The first-order valence-electron chi connectivity index (χ1n) is 12.6. The van der Waals surface area contributed by atoms with Crippen molar-refractivity contribution in [1.82, 2.24) is 10.3 Å². The summed E-state index contributed by atoms with van der Waals surface area (Å²) in [6, 6.07) is 25.5. The molecule has 37 heavy (non-hydrogen) atoms. The number of hydrogen-bond donors (Lipinski definition) is 1. The molecule has 1 N–H and O–H groups in total. The maximum Gasteiger partial charge on any atom is 0.343 e. The molecule has 7 heteroatoms. The SMILES string of the molecule is COC(=O)COc1cccc(/C=N\NC(=O)c2ccc(CN3CCC(Cc4ccccc4)CC3)cc2)c1. The highest BCUT2D eigenvalue weighted by atomic mass is 16.6. The molecular weight excluding hydrogens is 466 g/mol. The van der Waals surface area contributed by atoms with Gasteiger partial charge in [-0.3, -0.25) is 9.69 Å². The van der Waals surface area contributed by atoms with Crippen molar-refractivity contribution in [2.75, 3.05) is 26.8 Å². The monoisotopic (exact) mass is 499 g/mol. The topological polar surface area (TPSA) is 80.2 Å². The number of methoxy groups -OCH3 is 1. The van der Waals surface area contributed by atoms with E-state index < -0.39 is 5.97 Å². The van der Waals surface area contributed by atoms with Crippen LogP contribution in [0, 0.1) is 5.92 Å². The van der Waals surface area contributed by atoms with Crippen LogP contribution in [0.5, 0.6) is 5.75 Å². The maximum absolute atomic E-state index is 12.5. The molecule has 192 valence electrons. The molecule has 0 saturated carbocycles. The van der Waals surface area contributed by atoms with Gasteiger partial charge in [-0.05, 0) is 79.2 Å². The molecule has 0 spiro atoms. The summed E-state index contributed by atoms with van der Waals surface area (Å²) in [5, 5.41) is 4.04. The van der Waals surface area contributed by atoms with Crippen molar-refractivity contribution in [3.8, 4) is 5.75 Å². The Morgan fingerprint density at radius 1 is 0.973 bits per heavy atom. The zero-order valence-electron chi connectivity index (χ0n) is 21.1. The van der Waals surface area contributed by atoms with E-state index in [0.29, 0.717) is 11.3 Å². The van der Waals surface area contributed by atoms with Crippen LogP contribution in [0.25, 0.3) is 0 Å². The zero-order chi connectivity index (χ0) is 25.9. The number of ether oxygens (including phenoxy) is 2. The summed E-state index contributed by atoms with van der Waals surface area (Å²) in [6.45, 7) is 2.93. The lowest BCUT2D eigenvalue weighted by atomic mass is 9.90. The Balaban J connectivity index is 1.21. The van der Waals surface area contributed by atoms with E-state index >= 15 is 0 Å². The van der Waals surface area contributed by atoms with Crippen molar-refractivity contribution in [3.63, 3.8) is 0 Å². The van der Waals surface area contributed by atoms with Crippen molar-refractivity contribution < 1.29 is 19.1 Å². The molecule has 0 unspecified atom stereocenters. The van der Waals surface area contributed by atoms with E-state index in [2.05, 4.69) is 50.5 Å². The van der Waals surface area contributed by atoms with Crippen LogP contribution in [-0.2, 0) is 22.5 Å². The number of nitrogens with zero attached hydrogens (tertiary/aromatic N) is 2. The first-order valence-corrected chi connectivity index (χ1v) is 12.6. The predicted molar refractivity (Wildman–Crippen MR) is 144 cm³/mol. The third-order valence-electron chi connectivity index (χ3n) is 6.52. The van der Waals surface area contributed by atoms with E-state index in [1.165, 1.54) is 37.3 Å². The molecule has 1 fully saturated rings. The van der Waals surface area contributed by atoms with Gasteiger partial charge < -0.3 is 9.47 Å². The van der Waals surface area contributed by atoms with Crippen LogP contribution in [0.3, 0.4) is 0 Å². The summed E-state index contributed by atoms with van der Waals surface area (Å²) >= 11 is 0. The summed E-state index contributed by atoms with van der Waals surface area (Å²) in [7, 11) is 1.31. The van der Waals surface area contributed by atoms with Gasteiger partial charge in [-0.25, -0.2) is 10.2 Å². The molecule has 1 aliphatic heterocycles. The highest BCUT2D eigenvalue weighted by molar-refractivity contribution is 5.94. The summed E-state index contributed by atoms with van der Waals surface area (Å²) in [5.41, 5.74) is 6.47. The molecule has 0 atom stereocenters.